The van der Waals surface area contributed by atoms with E-state index in [-0.39, 0.29) is 5.60 Å². The number of amides is 1. The van der Waals surface area contributed by atoms with Crippen LogP contribution in [0.3, 0.4) is 0 Å². The lowest BCUT2D eigenvalue weighted by atomic mass is 9.84. The van der Waals surface area contributed by atoms with Gasteiger partial charge in [-0.25, -0.2) is 0 Å². The van der Waals surface area contributed by atoms with Gasteiger partial charge in [0, 0.05) is 6.54 Å². The molecule has 1 atom stereocenters. The average Bonchev–Trinajstić information content (AvgIpc) is 2.19. The van der Waals surface area contributed by atoms with Gasteiger partial charge in [0.2, 0.25) is 5.91 Å². The van der Waals surface area contributed by atoms with Crippen LogP contribution >= 0.6 is 0 Å². The van der Waals surface area contributed by atoms with E-state index in [0.717, 1.165) is 25.7 Å². The molecular weight excluding hydrogens is 180 g/mol. The highest BCUT2D eigenvalue weighted by Gasteiger charge is 2.34. The largest absolute Gasteiger partial charge is 0.367 e. The van der Waals surface area contributed by atoms with E-state index in [9.17, 15) is 4.79 Å². The number of rotatable bonds is 4. The van der Waals surface area contributed by atoms with E-state index in [2.05, 4.69) is 0 Å². The fourth-order valence-corrected chi connectivity index (χ4v) is 2.00. The lowest BCUT2D eigenvalue weighted by molar-refractivity contribution is -0.145. The van der Waals surface area contributed by atoms with Crippen molar-refractivity contribution in [1.82, 2.24) is 0 Å². The van der Waals surface area contributed by atoms with Gasteiger partial charge in [0.25, 0.3) is 0 Å². The zero-order valence-corrected chi connectivity index (χ0v) is 8.79. The minimum absolute atomic E-state index is 0.299. The molecule has 4 N–H and O–H groups in total. The zero-order valence-electron chi connectivity index (χ0n) is 8.79. The Kier molecular flexibility index (Phi) is 3.89. The molecule has 1 fully saturated rings. The van der Waals surface area contributed by atoms with Crippen molar-refractivity contribution < 1.29 is 9.53 Å². The lowest BCUT2D eigenvalue weighted by Gasteiger charge is -2.37. The van der Waals surface area contributed by atoms with Gasteiger partial charge in [-0.2, -0.15) is 0 Å². The third kappa shape index (κ3) is 2.69. The Balaban J connectivity index is 2.55. The molecule has 0 spiro atoms. The molecule has 82 valence electrons. The predicted molar refractivity (Wildman–Crippen MR) is 54.6 cm³/mol. The van der Waals surface area contributed by atoms with Gasteiger partial charge in [-0.15, -0.1) is 0 Å². The van der Waals surface area contributed by atoms with Gasteiger partial charge in [-0.1, -0.05) is 19.3 Å². The summed E-state index contributed by atoms with van der Waals surface area (Å²) in [6.07, 6.45) is 4.85. The smallest absolute Gasteiger partial charge is 0.246 e. The summed E-state index contributed by atoms with van der Waals surface area (Å²) in [5, 5.41) is 0. The van der Waals surface area contributed by atoms with Crippen molar-refractivity contribution in [1.29, 1.82) is 0 Å². The van der Waals surface area contributed by atoms with Gasteiger partial charge in [0.15, 0.2) is 0 Å². The van der Waals surface area contributed by atoms with Crippen LogP contribution in [0.4, 0.5) is 0 Å². The van der Waals surface area contributed by atoms with E-state index in [1.54, 1.807) is 6.92 Å². The molecule has 1 amide bonds. The minimum Gasteiger partial charge on any atom is -0.367 e. The Labute approximate surface area is 85.0 Å². The Morgan fingerprint density at radius 1 is 1.43 bits per heavy atom. The second kappa shape index (κ2) is 4.75. The fourth-order valence-electron chi connectivity index (χ4n) is 2.00. The molecule has 0 aromatic rings. The first-order valence-electron chi connectivity index (χ1n) is 5.27. The number of nitrogens with two attached hydrogens (primary N) is 2. The summed E-state index contributed by atoms with van der Waals surface area (Å²) >= 11 is 0. The van der Waals surface area contributed by atoms with Crippen LogP contribution in [0.15, 0.2) is 0 Å². The van der Waals surface area contributed by atoms with Crippen molar-refractivity contribution >= 4 is 5.91 Å². The van der Waals surface area contributed by atoms with Gasteiger partial charge in [0.05, 0.1) is 5.60 Å². The number of carbonyl (C=O) groups excluding carboxylic acids is 1. The second-order valence-corrected chi connectivity index (χ2v) is 4.11. The maximum atomic E-state index is 10.9. The van der Waals surface area contributed by atoms with Crippen LogP contribution in [-0.4, -0.2) is 24.2 Å². The highest BCUT2D eigenvalue weighted by molar-refractivity contribution is 5.78. The highest BCUT2D eigenvalue weighted by Crippen LogP contribution is 2.31. The quantitative estimate of drug-likeness (QED) is 0.695. The van der Waals surface area contributed by atoms with Crippen molar-refractivity contribution in [3.05, 3.63) is 0 Å². The van der Waals surface area contributed by atoms with Gasteiger partial charge < -0.3 is 16.2 Å². The molecule has 4 heteroatoms. The molecule has 1 aliphatic carbocycles. The molecule has 0 heterocycles. The highest BCUT2D eigenvalue weighted by atomic mass is 16.5. The van der Waals surface area contributed by atoms with E-state index >= 15 is 0 Å². The van der Waals surface area contributed by atoms with E-state index in [0.29, 0.717) is 6.54 Å². The van der Waals surface area contributed by atoms with Crippen LogP contribution in [0, 0.1) is 0 Å². The van der Waals surface area contributed by atoms with Gasteiger partial charge in [-0.05, 0) is 19.8 Å². The maximum Gasteiger partial charge on any atom is 0.246 e. The first-order valence-corrected chi connectivity index (χ1v) is 5.27. The zero-order chi connectivity index (χ0) is 10.6. The minimum atomic E-state index is -0.531. The normalized spacial score (nSPS) is 23.0. The van der Waals surface area contributed by atoms with Gasteiger partial charge in [0.1, 0.15) is 6.10 Å². The van der Waals surface area contributed by atoms with E-state index in [4.69, 9.17) is 16.2 Å². The standard InChI is InChI=1S/C10H20N2O2/c1-8(9(12)13)14-10(7-11)5-3-2-4-6-10/h8H,2-7,11H2,1H3,(H2,12,13). The SMILES string of the molecule is CC(OC1(CN)CCCCC1)C(N)=O. The molecule has 0 bridgehead atoms. The number of ether oxygens (including phenoxy) is 1. The molecule has 0 aliphatic heterocycles. The van der Waals surface area contributed by atoms with Gasteiger partial charge in [-0.3, -0.25) is 4.79 Å². The summed E-state index contributed by atoms with van der Waals surface area (Å²) < 4.78 is 5.69. The topological polar surface area (TPSA) is 78.3 Å². The Bertz CT molecular complexity index is 200. The van der Waals surface area contributed by atoms with Gasteiger partial charge >= 0.3 is 0 Å². The number of carbonyl (C=O) groups is 1. The molecule has 0 radical (unpaired) electrons. The maximum absolute atomic E-state index is 10.9. The first-order chi connectivity index (χ1) is 6.59. The molecule has 1 saturated carbocycles. The molecule has 4 nitrogen and oxygen atoms in total. The molecule has 0 aromatic heterocycles. The molecular formula is C10H20N2O2. The second-order valence-electron chi connectivity index (χ2n) is 4.11. The van der Waals surface area contributed by atoms with Crippen LogP contribution in [0.1, 0.15) is 39.0 Å². The molecule has 1 rings (SSSR count). The number of primary amides is 1. The molecule has 0 aromatic carbocycles. The third-order valence-electron chi connectivity index (χ3n) is 2.96. The van der Waals surface area contributed by atoms with Crippen molar-refractivity contribution in [2.45, 2.75) is 50.7 Å². The van der Waals surface area contributed by atoms with Crippen LogP contribution in [0.2, 0.25) is 0 Å². The Hall–Kier alpha value is -0.610. The number of hydrogen-bond acceptors (Lipinski definition) is 3. The fraction of sp³-hybridized carbons (Fsp3) is 0.900. The van der Waals surface area contributed by atoms with Crippen molar-refractivity contribution in [3.63, 3.8) is 0 Å². The summed E-state index contributed by atoms with van der Waals surface area (Å²) in [4.78, 5) is 10.9. The Morgan fingerprint density at radius 2 is 2.00 bits per heavy atom. The van der Waals surface area contributed by atoms with Crippen molar-refractivity contribution in [2.24, 2.45) is 11.5 Å². The molecule has 1 unspecified atom stereocenters. The third-order valence-corrected chi connectivity index (χ3v) is 2.96. The van der Waals surface area contributed by atoms with E-state index in [1.807, 2.05) is 0 Å². The summed E-state index contributed by atoms with van der Waals surface area (Å²) in [5.41, 5.74) is 10.6. The van der Waals surface area contributed by atoms with Crippen molar-refractivity contribution in [2.75, 3.05) is 6.54 Å². The average molecular weight is 200 g/mol. The summed E-state index contributed by atoms with van der Waals surface area (Å²) in [5.74, 6) is -0.414. The Morgan fingerprint density at radius 3 is 2.43 bits per heavy atom. The molecule has 1 aliphatic rings. The predicted octanol–water partition coefficient (Wildman–Crippen LogP) is 0.538. The van der Waals surface area contributed by atoms with Crippen LogP contribution < -0.4 is 11.5 Å². The summed E-state index contributed by atoms with van der Waals surface area (Å²) in [6.45, 7) is 2.17. The monoisotopic (exact) mass is 200 g/mol. The van der Waals surface area contributed by atoms with Crippen LogP contribution in [0.5, 0.6) is 0 Å². The molecule has 14 heavy (non-hydrogen) atoms. The molecule has 0 saturated heterocycles. The van der Waals surface area contributed by atoms with E-state index < -0.39 is 12.0 Å². The summed E-state index contributed by atoms with van der Waals surface area (Å²) in [6, 6.07) is 0. The van der Waals surface area contributed by atoms with Crippen LogP contribution in [0.25, 0.3) is 0 Å². The van der Waals surface area contributed by atoms with E-state index in [1.165, 1.54) is 6.42 Å². The summed E-state index contributed by atoms with van der Waals surface area (Å²) in [7, 11) is 0. The lowest BCUT2D eigenvalue weighted by Crippen LogP contribution is -2.47. The van der Waals surface area contributed by atoms with Crippen LogP contribution in [-0.2, 0) is 9.53 Å². The first kappa shape index (κ1) is 11.5. The van der Waals surface area contributed by atoms with Crippen molar-refractivity contribution in [3.8, 4) is 0 Å². The number of hydrogen-bond donors (Lipinski definition) is 2.